The number of pyridine rings is 1. The molecule has 3 aromatic rings. The second-order valence-corrected chi connectivity index (χ2v) is 8.88. The number of nitrogens with one attached hydrogen (secondary N) is 2. The smallest absolute Gasteiger partial charge is 0.422 e. The molecule has 2 fully saturated rings. The van der Waals surface area contributed by atoms with E-state index in [4.69, 9.17) is 4.74 Å². The van der Waals surface area contributed by atoms with Crippen LogP contribution in [0.4, 0.5) is 4.79 Å². The standard InChI is InChI=1S/C22H24N6O3/c1-22(2,3)31-21(30)26-28-17-11-27(12-18(17)28)20(29)16-10-6-9-15(23-16)19-24-13-7-4-5-8-14(13)25-19/h4-10,17-18H,11-12H2,1-3H3,(H,24,25)(H,26,30). The zero-order chi connectivity index (χ0) is 21.8. The van der Waals surface area contributed by atoms with Gasteiger partial charge in [-0.3, -0.25) is 10.2 Å². The highest BCUT2D eigenvalue weighted by Gasteiger charge is 2.56. The molecule has 9 heteroatoms. The molecule has 2 aliphatic rings. The number of ether oxygens (including phenoxy) is 1. The number of hydrogen-bond donors (Lipinski definition) is 2. The SMILES string of the molecule is CC(C)(C)OC(=O)NN1C2CN(C(=O)c3cccc(-c4nc5ccccc5[nH]4)n3)CC21. The maximum atomic E-state index is 13.0. The van der Waals surface area contributed by atoms with Crippen molar-refractivity contribution < 1.29 is 14.3 Å². The Balaban J connectivity index is 1.23. The van der Waals surface area contributed by atoms with Crippen LogP contribution in [0.2, 0.25) is 0 Å². The van der Waals surface area contributed by atoms with Crippen molar-refractivity contribution in [2.24, 2.45) is 0 Å². The average Bonchev–Trinajstić information content (AvgIpc) is 3.11. The van der Waals surface area contributed by atoms with Crippen molar-refractivity contribution >= 4 is 23.0 Å². The van der Waals surface area contributed by atoms with Crippen molar-refractivity contribution in [1.29, 1.82) is 0 Å². The molecule has 160 valence electrons. The Hall–Kier alpha value is -3.46. The van der Waals surface area contributed by atoms with Crippen LogP contribution in [-0.2, 0) is 4.74 Å². The number of piperazine rings is 1. The Bertz CT molecular complexity index is 1120. The van der Waals surface area contributed by atoms with Crippen LogP contribution in [-0.4, -0.2) is 67.6 Å². The van der Waals surface area contributed by atoms with Gasteiger partial charge < -0.3 is 14.6 Å². The van der Waals surface area contributed by atoms with Gasteiger partial charge in [0.2, 0.25) is 0 Å². The molecule has 2 unspecified atom stereocenters. The van der Waals surface area contributed by atoms with Gasteiger partial charge in [0.05, 0.1) is 23.1 Å². The Labute approximate surface area is 179 Å². The molecule has 2 amide bonds. The lowest BCUT2D eigenvalue weighted by atomic mass is 10.2. The van der Waals surface area contributed by atoms with Gasteiger partial charge in [-0.2, -0.15) is 0 Å². The summed E-state index contributed by atoms with van der Waals surface area (Å²) in [6.07, 6.45) is -0.472. The Morgan fingerprint density at radius 2 is 1.81 bits per heavy atom. The number of carbonyl (C=O) groups is 2. The topological polar surface area (TPSA) is 103 Å². The van der Waals surface area contributed by atoms with E-state index in [2.05, 4.69) is 20.4 Å². The van der Waals surface area contributed by atoms with E-state index in [1.165, 1.54) is 0 Å². The first kappa shape index (κ1) is 19.5. The maximum Gasteiger partial charge on any atom is 0.422 e. The fraction of sp³-hybridized carbons (Fsp3) is 0.364. The van der Waals surface area contributed by atoms with Crippen LogP contribution < -0.4 is 5.43 Å². The van der Waals surface area contributed by atoms with Crippen molar-refractivity contribution in [1.82, 2.24) is 30.3 Å². The highest BCUT2D eigenvalue weighted by Crippen LogP contribution is 2.34. The van der Waals surface area contributed by atoms with Gasteiger partial charge in [0.25, 0.3) is 5.91 Å². The Kier molecular flexibility index (Phi) is 4.44. The number of aromatic amines is 1. The minimum absolute atomic E-state index is 0.107. The number of para-hydroxylation sites is 2. The molecule has 31 heavy (non-hydrogen) atoms. The molecule has 2 saturated heterocycles. The summed E-state index contributed by atoms with van der Waals surface area (Å²) in [6, 6.07) is 13.3. The molecule has 0 saturated carbocycles. The molecule has 9 nitrogen and oxygen atoms in total. The fourth-order valence-electron chi connectivity index (χ4n) is 3.94. The predicted octanol–water partition coefficient (Wildman–Crippen LogP) is 2.57. The van der Waals surface area contributed by atoms with Crippen LogP contribution in [0.5, 0.6) is 0 Å². The maximum absolute atomic E-state index is 13.0. The van der Waals surface area contributed by atoms with Gasteiger partial charge in [-0.1, -0.05) is 18.2 Å². The van der Waals surface area contributed by atoms with E-state index in [9.17, 15) is 9.59 Å². The molecule has 4 heterocycles. The van der Waals surface area contributed by atoms with Crippen LogP contribution in [0, 0.1) is 0 Å². The zero-order valence-electron chi connectivity index (χ0n) is 17.6. The number of rotatable bonds is 3. The second kappa shape index (κ2) is 7.05. The molecule has 0 radical (unpaired) electrons. The van der Waals surface area contributed by atoms with Crippen molar-refractivity contribution in [3.8, 4) is 11.5 Å². The van der Waals surface area contributed by atoms with Crippen LogP contribution in [0.3, 0.4) is 0 Å². The van der Waals surface area contributed by atoms with Gasteiger partial charge >= 0.3 is 6.09 Å². The van der Waals surface area contributed by atoms with E-state index in [0.717, 1.165) is 11.0 Å². The summed E-state index contributed by atoms with van der Waals surface area (Å²) in [5.41, 5.74) is 5.00. The molecule has 2 aliphatic heterocycles. The number of likely N-dealkylation sites (tertiary alicyclic amines) is 1. The van der Waals surface area contributed by atoms with E-state index in [0.29, 0.717) is 30.3 Å². The second-order valence-electron chi connectivity index (χ2n) is 8.88. The minimum atomic E-state index is -0.548. The predicted molar refractivity (Wildman–Crippen MR) is 114 cm³/mol. The molecule has 2 aromatic heterocycles. The Morgan fingerprint density at radius 1 is 1.06 bits per heavy atom. The van der Waals surface area contributed by atoms with Crippen LogP contribution in [0.1, 0.15) is 31.3 Å². The number of hydrazine groups is 1. The zero-order valence-corrected chi connectivity index (χ0v) is 17.6. The number of H-pyrrole nitrogens is 1. The lowest BCUT2D eigenvalue weighted by Gasteiger charge is -2.23. The summed E-state index contributed by atoms with van der Waals surface area (Å²) >= 11 is 0. The van der Waals surface area contributed by atoms with E-state index >= 15 is 0 Å². The van der Waals surface area contributed by atoms with Gasteiger partial charge in [0.1, 0.15) is 17.0 Å². The van der Waals surface area contributed by atoms with E-state index in [-0.39, 0.29) is 18.0 Å². The largest absolute Gasteiger partial charge is 0.443 e. The van der Waals surface area contributed by atoms with Crippen molar-refractivity contribution in [2.45, 2.75) is 38.5 Å². The van der Waals surface area contributed by atoms with Gasteiger partial charge in [-0.05, 0) is 45.0 Å². The summed E-state index contributed by atoms with van der Waals surface area (Å²) in [5, 5.41) is 1.84. The quantitative estimate of drug-likeness (QED) is 0.632. The first-order valence-electron chi connectivity index (χ1n) is 10.3. The molecule has 0 spiro atoms. The highest BCUT2D eigenvalue weighted by molar-refractivity contribution is 5.93. The number of benzene rings is 1. The van der Waals surface area contributed by atoms with E-state index < -0.39 is 11.7 Å². The third-order valence-corrected chi connectivity index (χ3v) is 5.39. The van der Waals surface area contributed by atoms with Crippen LogP contribution in [0.25, 0.3) is 22.6 Å². The van der Waals surface area contributed by atoms with Crippen molar-refractivity contribution in [3.05, 3.63) is 48.2 Å². The molecule has 1 aromatic carbocycles. The summed E-state index contributed by atoms with van der Waals surface area (Å²) in [7, 11) is 0. The summed E-state index contributed by atoms with van der Waals surface area (Å²) < 4.78 is 5.28. The fourth-order valence-corrected chi connectivity index (χ4v) is 3.94. The molecule has 2 atom stereocenters. The number of aromatic nitrogens is 3. The van der Waals surface area contributed by atoms with E-state index in [1.807, 2.05) is 62.2 Å². The minimum Gasteiger partial charge on any atom is -0.443 e. The van der Waals surface area contributed by atoms with Crippen LogP contribution >= 0.6 is 0 Å². The van der Waals surface area contributed by atoms with Gasteiger partial charge in [-0.25, -0.2) is 19.8 Å². The molecular formula is C22H24N6O3. The van der Waals surface area contributed by atoms with Crippen LogP contribution in [0.15, 0.2) is 42.5 Å². The lowest BCUT2D eigenvalue weighted by Crippen LogP contribution is -2.42. The first-order chi connectivity index (χ1) is 14.8. The van der Waals surface area contributed by atoms with Gasteiger partial charge in [0.15, 0.2) is 5.82 Å². The molecule has 5 rings (SSSR count). The number of amides is 2. The number of imidazole rings is 1. The van der Waals surface area contributed by atoms with Crippen molar-refractivity contribution in [2.75, 3.05) is 13.1 Å². The first-order valence-corrected chi connectivity index (χ1v) is 10.3. The summed E-state index contributed by atoms with van der Waals surface area (Å²) in [6.45, 7) is 6.54. The summed E-state index contributed by atoms with van der Waals surface area (Å²) in [4.78, 5) is 39.0. The number of hydrogen-bond acceptors (Lipinski definition) is 6. The average molecular weight is 420 g/mol. The molecular weight excluding hydrogens is 396 g/mol. The normalized spacial score (nSPS) is 22.3. The Morgan fingerprint density at radius 3 is 2.52 bits per heavy atom. The van der Waals surface area contributed by atoms with E-state index in [1.54, 1.807) is 11.0 Å². The van der Waals surface area contributed by atoms with Gasteiger partial charge in [-0.15, -0.1) is 0 Å². The molecule has 0 bridgehead atoms. The molecule has 0 aliphatic carbocycles. The number of carbonyl (C=O) groups excluding carboxylic acids is 2. The number of nitrogens with zero attached hydrogens (tertiary/aromatic N) is 4. The lowest BCUT2D eigenvalue weighted by molar-refractivity contribution is 0.0409. The van der Waals surface area contributed by atoms with Gasteiger partial charge in [0, 0.05) is 13.1 Å². The molecule has 2 N–H and O–H groups in total. The number of fused-ring (bicyclic) bond motifs is 2. The monoisotopic (exact) mass is 420 g/mol. The highest BCUT2D eigenvalue weighted by atomic mass is 16.6. The van der Waals surface area contributed by atoms with Crippen molar-refractivity contribution in [3.63, 3.8) is 0 Å². The third kappa shape index (κ3) is 3.84. The summed E-state index contributed by atoms with van der Waals surface area (Å²) in [5.74, 6) is 0.509. The third-order valence-electron chi connectivity index (χ3n) is 5.39.